The van der Waals surface area contributed by atoms with E-state index in [-0.39, 0.29) is 12.8 Å². The van der Waals surface area contributed by atoms with E-state index in [2.05, 4.69) is 5.32 Å². The van der Waals surface area contributed by atoms with Crippen LogP contribution < -0.4 is 5.32 Å². The molecular formula is C15H25NO7. The first-order chi connectivity index (χ1) is 10.2. The van der Waals surface area contributed by atoms with Gasteiger partial charge in [0.2, 0.25) is 5.78 Å². The van der Waals surface area contributed by atoms with Crippen molar-refractivity contribution in [2.45, 2.75) is 71.6 Å². The van der Waals surface area contributed by atoms with E-state index in [1.165, 1.54) is 0 Å². The number of carbonyl (C=O) groups excluding carboxylic acids is 3. The van der Waals surface area contributed by atoms with E-state index in [0.717, 1.165) is 0 Å². The molecule has 0 aromatic rings. The number of carbonyl (C=O) groups is 4. The van der Waals surface area contributed by atoms with Crippen molar-refractivity contribution in [1.82, 2.24) is 5.32 Å². The molecule has 0 aromatic heterocycles. The number of aliphatic carboxylic acids is 1. The zero-order valence-electron chi connectivity index (χ0n) is 14.4. The number of rotatable bonds is 6. The van der Waals surface area contributed by atoms with Crippen molar-refractivity contribution in [3.8, 4) is 0 Å². The Hall–Kier alpha value is -2.12. The molecule has 132 valence electrons. The molecule has 0 rings (SSSR count). The molecule has 8 heteroatoms. The smallest absolute Gasteiger partial charge is 0.408 e. The van der Waals surface area contributed by atoms with Crippen LogP contribution >= 0.6 is 0 Å². The first-order valence-corrected chi connectivity index (χ1v) is 7.20. The Bertz CT molecular complexity index is 471. The highest BCUT2D eigenvalue weighted by atomic mass is 16.6. The van der Waals surface area contributed by atoms with Gasteiger partial charge in [0, 0.05) is 6.42 Å². The van der Waals surface area contributed by atoms with Crippen LogP contribution in [0, 0.1) is 0 Å². The quantitative estimate of drug-likeness (QED) is 0.561. The predicted molar refractivity (Wildman–Crippen MR) is 80.9 cm³/mol. The fourth-order valence-corrected chi connectivity index (χ4v) is 1.42. The molecule has 1 amide bonds. The van der Waals surface area contributed by atoms with Crippen molar-refractivity contribution in [1.29, 1.82) is 0 Å². The summed E-state index contributed by atoms with van der Waals surface area (Å²) in [6.07, 6.45) is -1.51. The van der Waals surface area contributed by atoms with E-state index in [1.807, 2.05) is 0 Å². The molecule has 0 fully saturated rings. The minimum atomic E-state index is -1.34. The standard InChI is InChI=1S/C15H25NO7/c1-14(2,3)22-12(20)10(17)8-7-9(11(18)19)16-13(21)23-15(4,5)6/h9H,7-8H2,1-6H3,(H,16,21)(H,18,19)/t9-/m0/s1. The molecule has 0 aliphatic rings. The summed E-state index contributed by atoms with van der Waals surface area (Å²) >= 11 is 0. The second kappa shape index (κ2) is 7.94. The monoisotopic (exact) mass is 331 g/mol. The summed E-state index contributed by atoms with van der Waals surface area (Å²) < 4.78 is 9.84. The third kappa shape index (κ3) is 10.3. The number of carboxylic acid groups (broad SMARTS) is 1. The van der Waals surface area contributed by atoms with Crippen molar-refractivity contribution in [2.75, 3.05) is 0 Å². The molecule has 8 nitrogen and oxygen atoms in total. The molecule has 23 heavy (non-hydrogen) atoms. The van der Waals surface area contributed by atoms with Crippen LogP contribution in [0.3, 0.4) is 0 Å². The van der Waals surface area contributed by atoms with Gasteiger partial charge in [0.25, 0.3) is 0 Å². The van der Waals surface area contributed by atoms with Crippen molar-refractivity contribution in [3.05, 3.63) is 0 Å². The number of alkyl carbamates (subject to hydrolysis) is 1. The Morgan fingerprint density at radius 1 is 0.957 bits per heavy atom. The molecule has 0 aliphatic carbocycles. The summed E-state index contributed by atoms with van der Waals surface area (Å²) in [6.45, 7) is 9.74. The highest BCUT2D eigenvalue weighted by Crippen LogP contribution is 2.10. The fraction of sp³-hybridized carbons (Fsp3) is 0.733. The van der Waals surface area contributed by atoms with Gasteiger partial charge in [-0.2, -0.15) is 0 Å². The Kier molecular flexibility index (Phi) is 7.21. The Morgan fingerprint density at radius 2 is 1.43 bits per heavy atom. The largest absolute Gasteiger partial charge is 0.480 e. The third-order valence-corrected chi connectivity index (χ3v) is 2.28. The van der Waals surface area contributed by atoms with Gasteiger partial charge in [0.05, 0.1) is 0 Å². The van der Waals surface area contributed by atoms with Crippen LogP contribution in [-0.4, -0.2) is 46.2 Å². The second-order valence-electron chi connectivity index (χ2n) is 7.00. The number of Topliss-reactive ketones (excluding diaryl/α,β-unsaturated/α-hetero) is 1. The molecule has 0 radical (unpaired) electrons. The van der Waals surface area contributed by atoms with Crippen LogP contribution in [0.4, 0.5) is 4.79 Å². The maximum Gasteiger partial charge on any atom is 0.408 e. The number of hydrogen-bond donors (Lipinski definition) is 2. The number of ether oxygens (including phenoxy) is 2. The lowest BCUT2D eigenvalue weighted by molar-refractivity contribution is -0.162. The molecule has 0 bridgehead atoms. The number of nitrogens with one attached hydrogen (secondary N) is 1. The summed E-state index contributed by atoms with van der Waals surface area (Å²) in [5.41, 5.74) is -1.59. The van der Waals surface area contributed by atoms with Gasteiger partial charge in [-0.3, -0.25) is 4.79 Å². The van der Waals surface area contributed by atoms with E-state index in [0.29, 0.717) is 0 Å². The zero-order chi connectivity index (χ0) is 18.4. The average Bonchev–Trinajstić information content (AvgIpc) is 2.28. The van der Waals surface area contributed by atoms with Crippen molar-refractivity contribution in [3.63, 3.8) is 0 Å². The fourth-order valence-electron chi connectivity index (χ4n) is 1.42. The van der Waals surface area contributed by atoms with Gasteiger partial charge >= 0.3 is 18.0 Å². The highest BCUT2D eigenvalue weighted by Gasteiger charge is 2.27. The van der Waals surface area contributed by atoms with Crippen molar-refractivity contribution >= 4 is 23.8 Å². The van der Waals surface area contributed by atoms with E-state index < -0.39 is 41.1 Å². The van der Waals surface area contributed by atoms with Gasteiger partial charge in [0.15, 0.2) is 0 Å². The molecule has 0 aliphatic heterocycles. The summed E-state index contributed by atoms with van der Waals surface area (Å²) in [6, 6.07) is -1.34. The second-order valence-corrected chi connectivity index (χ2v) is 7.00. The molecule has 0 unspecified atom stereocenters. The topological polar surface area (TPSA) is 119 Å². The Morgan fingerprint density at radius 3 is 1.83 bits per heavy atom. The van der Waals surface area contributed by atoms with Gasteiger partial charge in [-0.25, -0.2) is 14.4 Å². The van der Waals surface area contributed by atoms with E-state index in [9.17, 15) is 19.2 Å². The van der Waals surface area contributed by atoms with Crippen molar-refractivity contribution < 1.29 is 33.8 Å². The van der Waals surface area contributed by atoms with Crippen molar-refractivity contribution in [2.24, 2.45) is 0 Å². The molecule has 0 aromatic carbocycles. The minimum Gasteiger partial charge on any atom is -0.480 e. The number of carboxylic acids is 1. The number of amides is 1. The van der Waals surface area contributed by atoms with Gasteiger partial charge in [-0.05, 0) is 48.0 Å². The first-order valence-electron chi connectivity index (χ1n) is 7.20. The Labute approximate surface area is 135 Å². The molecule has 0 spiro atoms. The van der Waals surface area contributed by atoms with Crippen LogP contribution in [0.1, 0.15) is 54.4 Å². The van der Waals surface area contributed by atoms with Crippen LogP contribution in [0.5, 0.6) is 0 Å². The van der Waals surface area contributed by atoms with E-state index in [1.54, 1.807) is 41.5 Å². The van der Waals surface area contributed by atoms with Crippen LogP contribution in [0.2, 0.25) is 0 Å². The van der Waals surface area contributed by atoms with E-state index in [4.69, 9.17) is 14.6 Å². The molecule has 0 saturated heterocycles. The minimum absolute atomic E-state index is 0.243. The third-order valence-electron chi connectivity index (χ3n) is 2.28. The van der Waals surface area contributed by atoms with Gasteiger partial charge in [-0.1, -0.05) is 0 Å². The predicted octanol–water partition coefficient (Wildman–Crippen LogP) is 1.66. The molecule has 1 atom stereocenters. The Balaban J connectivity index is 4.56. The average molecular weight is 331 g/mol. The van der Waals surface area contributed by atoms with Gasteiger partial charge < -0.3 is 19.9 Å². The molecular weight excluding hydrogens is 306 g/mol. The summed E-state index contributed by atoms with van der Waals surface area (Å²) in [7, 11) is 0. The normalized spacial score (nSPS) is 13.0. The van der Waals surface area contributed by atoms with Crippen LogP contribution in [0.25, 0.3) is 0 Å². The number of esters is 1. The van der Waals surface area contributed by atoms with Crippen LogP contribution in [0.15, 0.2) is 0 Å². The lowest BCUT2D eigenvalue weighted by Crippen LogP contribution is -2.44. The SMILES string of the molecule is CC(C)(C)OC(=O)N[C@@H](CCC(=O)C(=O)OC(C)(C)C)C(=O)O. The van der Waals surface area contributed by atoms with E-state index >= 15 is 0 Å². The maximum absolute atomic E-state index is 11.7. The van der Waals surface area contributed by atoms with Crippen LogP contribution in [-0.2, 0) is 23.9 Å². The first kappa shape index (κ1) is 20.9. The molecule has 2 N–H and O–H groups in total. The summed E-state index contributed by atoms with van der Waals surface area (Å²) in [5.74, 6) is -3.20. The lowest BCUT2D eigenvalue weighted by Gasteiger charge is -2.22. The summed E-state index contributed by atoms with van der Waals surface area (Å²) in [5, 5.41) is 11.2. The highest BCUT2D eigenvalue weighted by molar-refractivity contribution is 6.33. The van der Waals surface area contributed by atoms with Gasteiger partial charge in [0.1, 0.15) is 17.2 Å². The number of hydrogen-bond acceptors (Lipinski definition) is 6. The summed E-state index contributed by atoms with van der Waals surface area (Å²) in [4.78, 5) is 45.9. The lowest BCUT2D eigenvalue weighted by atomic mass is 10.1. The molecule has 0 heterocycles. The number of ketones is 1. The van der Waals surface area contributed by atoms with Gasteiger partial charge in [-0.15, -0.1) is 0 Å². The zero-order valence-corrected chi connectivity index (χ0v) is 14.4. The molecule has 0 saturated carbocycles. The maximum atomic E-state index is 11.7.